The maximum atomic E-state index is 8.25. The molecule has 4 heterocycles. The van der Waals surface area contributed by atoms with E-state index in [0.29, 0.717) is 0 Å². The van der Waals surface area contributed by atoms with E-state index in [1.54, 1.807) is 0 Å². The molecule has 4 bridgehead atoms. The van der Waals surface area contributed by atoms with Gasteiger partial charge in [-0.1, -0.05) is 0 Å². The Labute approximate surface area is 99.9 Å². The van der Waals surface area contributed by atoms with E-state index in [0.717, 1.165) is 0 Å². The van der Waals surface area contributed by atoms with E-state index in [2.05, 4.69) is 19.6 Å². The second-order valence-corrected chi connectivity index (χ2v) is 3.76. The topological polar surface area (TPSA) is 79.2 Å². The summed E-state index contributed by atoms with van der Waals surface area (Å²) in [6.07, 6.45) is 0. The summed E-state index contributed by atoms with van der Waals surface area (Å²) in [5.74, 6) is 0. The third kappa shape index (κ3) is 3.32. The van der Waals surface area contributed by atoms with Gasteiger partial charge in [0.15, 0.2) is 0 Å². The molecule has 15 heavy (non-hydrogen) atoms. The van der Waals surface area contributed by atoms with E-state index in [9.17, 15) is 0 Å². The minimum atomic E-state index is -1.75. The summed E-state index contributed by atoms with van der Waals surface area (Å²) in [6, 6.07) is 0. The van der Waals surface area contributed by atoms with Crippen LogP contribution < -0.4 is 0 Å². The molecule has 0 N–H and O–H groups in total. The van der Waals surface area contributed by atoms with Gasteiger partial charge in [0, 0.05) is 19.5 Å². The first kappa shape index (κ1) is 12.7. The first-order valence-electron chi connectivity index (χ1n) is 4.34. The molecule has 0 saturated carbocycles. The van der Waals surface area contributed by atoms with Crippen LogP contribution in [0.2, 0.25) is 0 Å². The number of nitrogens with zero attached hydrogens (tertiary/aromatic N) is 5. The molecule has 4 rings (SSSR count). The fraction of sp³-hybridized carbons (Fsp3) is 1.00. The smallest absolute Gasteiger partial charge is 0.0689 e. The monoisotopic (exact) mass is 305 g/mol. The van der Waals surface area contributed by atoms with Gasteiger partial charge in [-0.3, -0.25) is 19.6 Å². The summed E-state index contributed by atoms with van der Waals surface area (Å²) >= 11 is 0. The Bertz CT molecular complexity index is 180. The summed E-state index contributed by atoms with van der Waals surface area (Å²) < 4.78 is 0. The third-order valence-corrected chi connectivity index (χ3v) is 2.40. The van der Waals surface area contributed by atoms with E-state index < -0.39 is 5.09 Å². The molecular formula is C6H12N5O3Rh-. The quantitative estimate of drug-likeness (QED) is 0.314. The predicted molar refractivity (Wildman–Crippen MR) is 46.9 cm³/mol. The van der Waals surface area contributed by atoms with Gasteiger partial charge in [0.25, 0.3) is 0 Å². The molecule has 0 aromatic carbocycles. The average molecular weight is 305 g/mol. The molecule has 4 fully saturated rings. The van der Waals surface area contributed by atoms with Gasteiger partial charge in [0.05, 0.1) is 45.1 Å². The SMILES string of the molecule is C1N2CN3CN1CN(C2)C3.O=[N+]([O-])[O-].[Rh]. The fourth-order valence-corrected chi connectivity index (χ4v) is 2.23. The summed E-state index contributed by atoms with van der Waals surface area (Å²) in [4.78, 5) is 18.1. The van der Waals surface area contributed by atoms with Crippen LogP contribution in [0.3, 0.4) is 0 Å². The molecule has 89 valence electrons. The maximum absolute atomic E-state index is 8.25. The van der Waals surface area contributed by atoms with Crippen LogP contribution in [-0.4, -0.2) is 64.7 Å². The van der Waals surface area contributed by atoms with Crippen molar-refractivity contribution in [1.29, 1.82) is 0 Å². The molecular weight excluding hydrogens is 293 g/mol. The molecule has 4 aliphatic heterocycles. The first-order valence-corrected chi connectivity index (χ1v) is 4.34. The summed E-state index contributed by atoms with van der Waals surface area (Å²) in [5.41, 5.74) is 0. The van der Waals surface area contributed by atoms with Crippen LogP contribution in [0.1, 0.15) is 0 Å². The Balaban J connectivity index is 0.000000200. The van der Waals surface area contributed by atoms with Crippen molar-refractivity contribution in [2.24, 2.45) is 0 Å². The molecule has 0 unspecified atom stereocenters. The van der Waals surface area contributed by atoms with Crippen molar-refractivity contribution in [3.63, 3.8) is 0 Å². The third-order valence-electron chi connectivity index (χ3n) is 2.40. The second-order valence-electron chi connectivity index (χ2n) is 3.76. The van der Waals surface area contributed by atoms with Crippen molar-refractivity contribution >= 4 is 0 Å². The average Bonchev–Trinajstić information content (AvgIpc) is 1.98. The van der Waals surface area contributed by atoms with Gasteiger partial charge in [-0.25, -0.2) is 0 Å². The molecule has 0 aromatic rings. The minimum absolute atomic E-state index is 0. The summed E-state index contributed by atoms with van der Waals surface area (Å²) in [6.45, 7) is 7.12. The Morgan fingerprint density at radius 3 is 1.00 bits per heavy atom. The fourth-order valence-electron chi connectivity index (χ4n) is 2.23. The summed E-state index contributed by atoms with van der Waals surface area (Å²) in [5, 5.41) is 14.8. The van der Waals surface area contributed by atoms with Crippen LogP contribution >= 0.6 is 0 Å². The molecule has 8 nitrogen and oxygen atoms in total. The van der Waals surface area contributed by atoms with E-state index in [1.165, 1.54) is 40.0 Å². The number of hydrogen-bond donors (Lipinski definition) is 0. The van der Waals surface area contributed by atoms with Gasteiger partial charge in [-0.05, 0) is 0 Å². The van der Waals surface area contributed by atoms with Crippen LogP contribution in [0, 0.1) is 15.3 Å². The minimum Gasteiger partial charge on any atom is -0.356 e. The van der Waals surface area contributed by atoms with Crippen molar-refractivity contribution in [1.82, 2.24) is 19.6 Å². The van der Waals surface area contributed by atoms with Crippen molar-refractivity contribution < 1.29 is 24.6 Å². The van der Waals surface area contributed by atoms with Gasteiger partial charge < -0.3 is 15.3 Å². The Morgan fingerprint density at radius 1 is 0.733 bits per heavy atom. The normalized spacial score (nSPS) is 40.0. The molecule has 0 atom stereocenters. The Kier molecular flexibility index (Phi) is 4.36. The molecule has 0 aromatic heterocycles. The van der Waals surface area contributed by atoms with Gasteiger partial charge in [0.2, 0.25) is 0 Å². The maximum Gasteiger partial charge on any atom is 0.0689 e. The van der Waals surface area contributed by atoms with E-state index in [-0.39, 0.29) is 19.5 Å². The second kappa shape index (κ2) is 5.13. The molecule has 4 aliphatic rings. The van der Waals surface area contributed by atoms with Crippen LogP contribution in [0.4, 0.5) is 0 Å². The van der Waals surface area contributed by atoms with Crippen molar-refractivity contribution in [2.45, 2.75) is 0 Å². The van der Waals surface area contributed by atoms with Crippen LogP contribution in [0.15, 0.2) is 0 Å². The number of hydrogen-bond acceptors (Lipinski definition) is 7. The number of rotatable bonds is 0. The van der Waals surface area contributed by atoms with Crippen LogP contribution in [0.5, 0.6) is 0 Å². The molecule has 9 heteroatoms. The van der Waals surface area contributed by atoms with Crippen LogP contribution in [-0.2, 0) is 19.5 Å². The van der Waals surface area contributed by atoms with E-state index >= 15 is 0 Å². The van der Waals surface area contributed by atoms with Crippen molar-refractivity contribution in [2.75, 3.05) is 40.0 Å². The van der Waals surface area contributed by atoms with Crippen molar-refractivity contribution in [3.05, 3.63) is 15.3 Å². The van der Waals surface area contributed by atoms with Gasteiger partial charge in [-0.15, -0.1) is 0 Å². The zero-order chi connectivity index (χ0) is 10.1. The zero-order valence-corrected chi connectivity index (χ0v) is 9.68. The Hall–Kier alpha value is -0.337. The van der Waals surface area contributed by atoms with E-state index in [4.69, 9.17) is 15.3 Å². The molecule has 1 radical (unpaired) electrons. The zero-order valence-electron chi connectivity index (χ0n) is 8.04. The van der Waals surface area contributed by atoms with Gasteiger partial charge in [-0.2, -0.15) is 0 Å². The first-order chi connectivity index (χ1) is 6.63. The standard InChI is InChI=1S/C6H12N4.NO3.Rh/c1-7-2-9-4-8(1)5-10(3-7)6-9;2-1(3)4;/h1-6H2;;/q;-1;. The largest absolute Gasteiger partial charge is 0.356 e. The van der Waals surface area contributed by atoms with Crippen molar-refractivity contribution in [3.8, 4) is 0 Å². The van der Waals surface area contributed by atoms with Gasteiger partial charge in [0.1, 0.15) is 0 Å². The van der Waals surface area contributed by atoms with Gasteiger partial charge >= 0.3 is 0 Å². The molecule has 0 spiro atoms. The molecule has 0 amide bonds. The molecule has 4 saturated heterocycles. The Morgan fingerprint density at radius 2 is 0.867 bits per heavy atom. The summed E-state index contributed by atoms with van der Waals surface area (Å²) in [7, 11) is 0. The van der Waals surface area contributed by atoms with Crippen LogP contribution in [0.25, 0.3) is 0 Å². The predicted octanol–water partition coefficient (Wildman–Crippen LogP) is -1.26. The molecule has 0 aliphatic carbocycles. The van der Waals surface area contributed by atoms with E-state index in [1.807, 2.05) is 0 Å².